The molecule has 0 saturated carbocycles. The first-order valence-corrected chi connectivity index (χ1v) is 11.1. The van der Waals surface area contributed by atoms with Crippen molar-refractivity contribution in [2.45, 2.75) is 43.9 Å². The fourth-order valence-corrected chi connectivity index (χ4v) is 6.11. The largest absolute Gasteiger partial charge is 0.0804 e. The Labute approximate surface area is 173 Å². The topological polar surface area (TPSA) is 0 Å². The molecule has 3 aliphatic carbocycles. The van der Waals surface area contributed by atoms with Crippen LogP contribution in [0, 0.1) is 0 Å². The minimum Gasteiger partial charge on any atom is -0.0804 e. The zero-order valence-electron chi connectivity index (χ0n) is 17.0. The second-order valence-electron chi connectivity index (χ2n) is 8.70. The molecule has 0 heteroatoms. The van der Waals surface area contributed by atoms with Crippen molar-refractivity contribution in [3.63, 3.8) is 0 Å². The van der Waals surface area contributed by atoms with Crippen LogP contribution in [-0.2, 0) is 5.41 Å². The van der Waals surface area contributed by atoms with E-state index in [1.54, 1.807) is 5.57 Å². The lowest BCUT2D eigenvalue weighted by molar-refractivity contribution is 0.692. The molecule has 0 bridgehead atoms. The predicted molar refractivity (Wildman–Crippen MR) is 121 cm³/mol. The Bertz CT molecular complexity index is 1130. The Morgan fingerprint density at radius 3 is 2.10 bits per heavy atom. The Morgan fingerprint density at radius 1 is 0.793 bits per heavy atom. The SMILES string of the molecule is CCCCC1=CCC2C(=C1)C1(c3ccccc3-c3ccccc31)c1ccccc12. The van der Waals surface area contributed by atoms with Crippen molar-refractivity contribution >= 4 is 0 Å². The summed E-state index contributed by atoms with van der Waals surface area (Å²) < 4.78 is 0. The molecule has 1 atom stereocenters. The summed E-state index contributed by atoms with van der Waals surface area (Å²) in [6.07, 6.45) is 9.93. The molecule has 0 radical (unpaired) electrons. The molecule has 0 N–H and O–H groups in total. The molecule has 3 aliphatic rings. The van der Waals surface area contributed by atoms with Crippen LogP contribution >= 0.6 is 0 Å². The minimum atomic E-state index is -0.125. The van der Waals surface area contributed by atoms with Crippen molar-refractivity contribution in [2.24, 2.45) is 0 Å². The van der Waals surface area contributed by atoms with Gasteiger partial charge in [0, 0.05) is 5.92 Å². The average molecular weight is 375 g/mol. The van der Waals surface area contributed by atoms with Crippen molar-refractivity contribution in [2.75, 3.05) is 0 Å². The van der Waals surface area contributed by atoms with E-state index in [9.17, 15) is 0 Å². The van der Waals surface area contributed by atoms with Crippen molar-refractivity contribution in [1.29, 1.82) is 0 Å². The molecule has 3 aromatic carbocycles. The van der Waals surface area contributed by atoms with Crippen molar-refractivity contribution < 1.29 is 0 Å². The molecule has 0 heterocycles. The van der Waals surface area contributed by atoms with Crippen LogP contribution in [0.15, 0.2) is 96.1 Å². The lowest BCUT2D eigenvalue weighted by Crippen LogP contribution is -2.27. The summed E-state index contributed by atoms with van der Waals surface area (Å²) in [5, 5.41) is 0. The number of fused-ring (bicyclic) bond motifs is 10. The third kappa shape index (κ3) is 2.15. The van der Waals surface area contributed by atoms with Gasteiger partial charge in [0.05, 0.1) is 5.41 Å². The number of benzene rings is 3. The van der Waals surface area contributed by atoms with Gasteiger partial charge < -0.3 is 0 Å². The van der Waals surface area contributed by atoms with Gasteiger partial charge in [-0.2, -0.15) is 0 Å². The molecule has 1 unspecified atom stereocenters. The van der Waals surface area contributed by atoms with E-state index in [1.807, 2.05) is 0 Å². The zero-order valence-corrected chi connectivity index (χ0v) is 17.0. The summed E-state index contributed by atoms with van der Waals surface area (Å²) in [6, 6.07) is 27.4. The normalized spacial score (nSPS) is 19.8. The highest BCUT2D eigenvalue weighted by Crippen LogP contribution is 2.65. The number of unbranched alkanes of at least 4 members (excludes halogenated alkanes) is 1. The number of rotatable bonds is 3. The third-order valence-electron chi connectivity index (χ3n) is 7.28. The van der Waals surface area contributed by atoms with Gasteiger partial charge in [-0.25, -0.2) is 0 Å². The summed E-state index contributed by atoms with van der Waals surface area (Å²) in [5.74, 6) is 0.496. The summed E-state index contributed by atoms with van der Waals surface area (Å²) in [6.45, 7) is 2.29. The molecule has 1 spiro atoms. The van der Waals surface area contributed by atoms with Crippen molar-refractivity contribution in [3.8, 4) is 11.1 Å². The lowest BCUT2D eigenvalue weighted by atomic mass is 9.68. The Kier molecular flexibility index (Phi) is 3.71. The van der Waals surface area contributed by atoms with E-state index in [1.165, 1.54) is 58.2 Å². The van der Waals surface area contributed by atoms with Gasteiger partial charge in [0.25, 0.3) is 0 Å². The van der Waals surface area contributed by atoms with Crippen LogP contribution in [0.2, 0.25) is 0 Å². The summed E-state index contributed by atoms with van der Waals surface area (Å²) in [7, 11) is 0. The zero-order chi connectivity index (χ0) is 19.4. The summed E-state index contributed by atoms with van der Waals surface area (Å²) >= 11 is 0. The molecule has 0 saturated heterocycles. The van der Waals surface area contributed by atoms with Crippen LogP contribution in [0.3, 0.4) is 0 Å². The minimum absolute atomic E-state index is 0.125. The molecule has 0 fully saturated rings. The van der Waals surface area contributed by atoms with Gasteiger partial charge in [0.15, 0.2) is 0 Å². The molecule has 0 amide bonds. The smallest absolute Gasteiger partial charge is 0.0685 e. The molecule has 29 heavy (non-hydrogen) atoms. The van der Waals surface area contributed by atoms with Gasteiger partial charge in [-0.15, -0.1) is 0 Å². The van der Waals surface area contributed by atoms with Gasteiger partial charge in [-0.05, 0) is 58.2 Å². The van der Waals surface area contributed by atoms with Crippen molar-refractivity contribution in [1.82, 2.24) is 0 Å². The summed E-state index contributed by atoms with van der Waals surface area (Å²) in [4.78, 5) is 0. The number of hydrogen-bond acceptors (Lipinski definition) is 0. The maximum atomic E-state index is 2.57. The van der Waals surface area contributed by atoms with E-state index >= 15 is 0 Å². The first-order chi connectivity index (χ1) is 14.4. The average Bonchev–Trinajstić information content (AvgIpc) is 3.25. The second-order valence-corrected chi connectivity index (χ2v) is 8.70. The highest BCUT2D eigenvalue weighted by molar-refractivity contribution is 5.88. The fourth-order valence-electron chi connectivity index (χ4n) is 6.11. The number of hydrogen-bond donors (Lipinski definition) is 0. The highest BCUT2D eigenvalue weighted by atomic mass is 14.6. The first-order valence-electron chi connectivity index (χ1n) is 11.1. The number of allylic oxidation sites excluding steroid dienone is 4. The van der Waals surface area contributed by atoms with Crippen LogP contribution in [0.1, 0.15) is 60.8 Å². The Balaban J connectivity index is 1.69. The first kappa shape index (κ1) is 17.0. The lowest BCUT2D eigenvalue weighted by Gasteiger charge is -2.33. The molecule has 0 aliphatic heterocycles. The van der Waals surface area contributed by atoms with E-state index in [4.69, 9.17) is 0 Å². The van der Waals surface area contributed by atoms with Gasteiger partial charge >= 0.3 is 0 Å². The van der Waals surface area contributed by atoms with E-state index < -0.39 is 0 Å². The maximum absolute atomic E-state index is 2.57. The van der Waals surface area contributed by atoms with Gasteiger partial charge in [0.1, 0.15) is 0 Å². The van der Waals surface area contributed by atoms with E-state index in [0.717, 1.165) is 6.42 Å². The van der Waals surface area contributed by atoms with Crippen LogP contribution in [0.5, 0.6) is 0 Å². The maximum Gasteiger partial charge on any atom is 0.0685 e. The highest BCUT2D eigenvalue weighted by Gasteiger charge is 2.54. The van der Waals surface area contributed by atoms with Crippen LogP contribution in [0.25, 0.3) is 11.1 Å². The monoisotopic (exact) mass is 374 g/mol. The van der Waals surface area contributed by atoms with Gasteiger partial charge in [0.2, 0.25) is 0 Å². The molecule has 6 rings (SSSR count). The molecule has 3 aromatic rings. The van der Waals surface area contributed by atoms with Gasteiger partial charge in [-0.3, -0.25) is 0 Å². The second kappa shape index (κ2) is 6.32. The third-order valence-corrected chi connectivity index (χ3v) is 7.28. The van der Waals surface area contributed by atoms with E-state index in [0.29, 0.717) is 5.92 Å². The van der Waals surface area contributed by atoms with E-state index in [-0.39, 0.29) is 5.41 Å². The molecular formula is C29H26. The van der Waals surface area contributed by atoms with Gasteiger partial charge in [-0.1, -0.05) is 104 Å². The van der Waals surface area contributed by atoms with Crippen molar-refractivity contribution in [3.05, 3.63) is 118 Å². The molecule has 0 aromatic heterocycles. The standard InChI is InChI=1S/C29H26/c1-2-3-10-20-17-18-24-23-13-6-9-16-27(23)29(28(24)19-20)25-14-7-4-11-21(25)22-12-5-8-15-26(22)29/h4-9,11-17,19,24H,2-3,10,18H2,1H3. The van der Waals surface area contributed by atoms with E-state index in [2.05, 4.69) is 91.9 Å². The predicted octanol–water partition coefficient (Wildman–Crippen LogP) is 7.55. The molecule has 142 valence electrons. The Hall–Kier alpha value is -2.86. The fraction of sp³-hybridized carbons (Fsp3) is 0.241. The van der Waals surface area contributed by atoms with Crippen LogP contribution < -0.4 is 0 Å². The van der Waals surface area contributed by atoms with Crippen LogP contribution in [-0.4, -0.2) is 0 Å². The summed E-state index contributed by atoms with van der Waals surface area (Å²) in [5.41, 5.74) is 11.8. The quantitative estimate of drug-likeness (QED) is 0.444. The molecular weight excluding hydrogens is 348 g/mol. The Morgan fingerprint density at radius 2 is 1.41 bits per heavy atom. The molecule has 0 nitrogen and oxygen atoms in total. The van der Waals surface area contributed by atoms with Crippen LogP contribution in [0.4, 0.5) is 0 Å².